The van der Waals surface area contributed by atoms with Gasteiger partial charge in [-0.2, -0.15) is 0 Å². The quantitative estimate of drug-likeness (QED) is 0.768. The number of phenols is 1. The maximum Gasteiger partial charge on any atom is 0.341 e. The van der Waals surface area contributed by atoms with Crippen LogP contribution in [0.25, 0.3) is 22.1 Å². The Hall–Kier alpha value is -3.28. The Balaban J connectivity index is 1.97. The average molecular weight is 312 g/mol. The first-order chi connectivity index (χ1) is 11.0. The zero-order valence-electron chi connectivity index (χ0n) is 11.9. The third kappa shape index (κ3) is 3.01. The van der Waals surface area contributed by atoms with Gasteiger partial charge in [-0.05, 0) is 29.8 Å². The Morgan fingerprint density at radius 3 is 2.57 bits per heavy atom. The Morgan fingerprint density at radius 1 is 1.13 bits per heavy atom. The number of aliphatic carboxylic acids is 1. The van der Waals surface area contributed by atoms with Crippen LogP contribution < -0.4 is 10.2 Å². The minimum absolute atomic E-state index is 0.0216. The fourth-order valence-corrected chi connectivity index (χ4v) is 2.19. The summed E-state index contributed by atoms with van der Waals surface area (Å²) in [5.41, 5.74) is 1.08. The van der Waals surface area contributed by atoms with Gasteiger partial charge in [0.25, 0.3) is 0 Å². The van der Waals surface area contributed by atoms with Crippen LogP contribution in [0.1, 0.15) is 0 Å². The van der Waals surface area contributed by atoms with Crippen LogP contribution in [0.5, 0.6) is 11.5 Å². The molecule has 0 bridgehead atoms. The molecule has 0 aliphatic heterocycles. The van der Waals surface area contributed by atoms with Gasteiger partial charge in [0.1, 0.15) is 23.3 Å². The molecule has 1 aromatic heterocycles. The maximum absolute atomic E-state index is 12.5. The van der Waals surface area contributed by atoms with Crippen LogP contribution in [-0.4, -0.2) is 22.8 Å². The smallest absolute Gasteiger partial charge is 0.341 e. The number of fused-ring (bicyclic) bond motifs is 1. The highest BCUT2D eigenvalue weighted by atomic mass is 16.5. The molecule has 0 fully saturated rings. The van der Waals surface area contributed by atoms with Crippen molar-refractivity contribution < 1.29 is 24.2 Å². The molecular formula is C17H12O6. The van der Waals surface area contributed by atoms with Crippen LogP contribution in [0, 0.1) is 0 Å². The van der Waals surface area contributed by atoms with Crippen molar-refractivity contribution in [3.8, 4) is 22.6 Å². The van der Waals surface area contributed by atoms with Gasteiger partial charge < -0.3 is 19.4 Å². The van der Waals surface area contributed by atoms with Gasteiger partial charge in [-0.3, -0.25) is 4.79 Å². The molecule has 23 heavy (non-hydrogen) atoms. The Morgan fingerprint density at radius 2 is 1.87 bits per heavy atom. The summed E-state index contributed by atoms with van der Waals surface area (Å²) in [6, 6.07) is 10.8. The zero-order chi connectivity index (χ0) is 16.4. The SMILES string of the molecule is O=C(O)COc1ccc(-c2coc3cc(O)ccc3c2=O)cc1. The van der Waals surface area contributed by atoms with Gasteiger partial charge in [-0.25, -0.2) is 4.79 Å². The van der Waals surface area contributed by atoms with Crippen LogP contribution in [0.2, 0.25) is 0 Å². The molecule has 6 heteroatoms. The number of rotatable bonds is 4. The molecule has 2 N–H and O–H groups in total. The maximum atomic E-state index is 12.5. The van der Waals surface area contributed by atoms with Crippen molar-refractivity contribution in [3.05, 3.63) is 59.0 Å². The van der Waals surface area contributed by atoms with E-state index in [1.165, 1.54) is 24.5 Å². The van der Waals surface area contributed by atoms with Gasteiger partial charge in [0, 0.05) is 6.07 Å². The van der Waals surface area contributed by atoms with E-state index in [9.17, 15) is 14.7 Å². The number of carboxylic acid groups (broad SMARTS) is 1. The summed E-state index contributed by atoms with van der Waals surface area (Å²) in [6.45, 7) is -0.430. The molecular weight excluding hydrogens is 300 g/mol. The van der Waals surface area contributed by atoms with Crippen molar-refractivity contribution >= 4 is 16.9 Å². The predicted molar refractivity (Wildman–Crippen MR) is 82.7 cm³/mol. The summed E-state index contributed by atoms with van der Waals surface area (Å²) < 4.78 is 10.4. The lowest BCUT2D eigenvalue weighted by Gasteiger charge is -2.06. The second-order valence-corrected chi connectivity index (χ2v) is 4.87. The van der Waals surface area contributed by atoms with E-state index in [2.05, 4.69) is 0 Å². The molecule has 2 aromatic carbocycles. The summed E-state index contributed by atoms with van der Waals surface area (Å²) in [4.78, 5) is 22.9. The van der Waals surface area contributed by atoms with Gasteiger partial charge in [-0.1, -0.05) is 12.1 Å². The van der Waals surface area contributed by atoms with E-state index in [1.807, 2.05) is 0 Å². The van der Waals surface area contributed by atoms with Crippen LogP contribution >= 0.6 is 0 Å². The second-order valence-electron chi connectivity index (χ2n) is 4.87. The molecule has 0 aliphatic rings. The molecule has 3 aromatic rings. The molecule has 3 rings (SSSR count). The highest BCUT2D eigenvalue weighted by molar-refractivity contribution is 5.82. The van der Waals surface area contributed by atoms with E-state index < -0.39 is 12.6 Å². The summed E-state index contributed by atoms with van der Waals surface area (Å²) in [6.07, 6.45) is 1.33. The topological polar surface area (TPSA) is 97.0 Å². The standard InChI is InChI=1S/C17H12O6/c18-11-3-6-13-15(7-11)23-8-14(17(13)21)10-1-4-12(5-2-10)22-9-16(19)20/h1-8,18H,9H2,(H,19,20). The highest BCUT2D eigenvalue weighted by Crippen LogP contribution is 2.24. The molecule has 0 unspecified atom stereocenters. The number of hydrogen-bond donors (Lipinski definition) is 2. The van der Waals surface area contributed by atoms with E-state index >= 15 is 0 Å². The van der Waals surface area contributed by atoms with Gasteiger partial charge in [0.05, 0.1) is 10.9 Å². The summed E-state index contributed by atoms with van der Waals surface area (Å²) in [5.74, 6) is -0.646. The predicted octanol–water partition coefficient (Wildman–Crippen LogP) is 2.63. The van der Waals surface area contributed by atoms with Crippen molar-refractivity contribution in [1.82, 2.24) is 0 Å². The van der Waals surface area contributed by atoms with Crippen molar-refractivity contribution in [2.75, 3.05) is 6.61 Å². The first kappa shape index (κ1) is 14.6. The third-order valence-electron chi connectivity index (χ3n) is 3.29. The van der Waals surface area contributed by atoms with E-state index in [0.29, 0.717) is 27.8 Å². The van der Waals surface area contributed by atoms with Gasteiger partial charge in [-0.15, -0.1) is 0 Å². The van der Waals surface area contributed by atoms with Gasteiger partial charge in [0.15, 0.2) is 12.0 Å². The van der Waals surface area contributed by atoms with Crippen LogP contribution in [0.15, 0.2) is 57.9 Å². The van der Waals surface area contributed by atoms with Crippen LogP contribution in [0.4, 0.5) is 0 Å². The Bertz CT molecular complexity index is 924. The molecule has 0 spiro atoms. The van der Waals surface area contributed by atoms with Crippen molar-refractivity contribution in [1.29, 1.82) is 0 Å². The number of hydrogen-bond acceptors (Lipinski definition) is 5. The molecule has 0 saturated heterocycles. The van der Waals surface area contributed by atoms with Crippen molar-refractivity contribution in [2.45, 2.75) is 0 Å². The molecule has 0 radical (unpaired) electrons. The number of carboxylic acids is 1. The average Bonchev–Trinajstić information content (AvgIpc) is 2.54. The molecule has 0 amide bonds. The number of phenolic OH excluding ortho intramolecular Hbond substituents is 1. The fourth-order valence-electron chi connectivity index (χ4n) is 2.19. The molecule has 0 aliphatic carbocycles. The lowest BCUT2D eigenvalue weighted by atomic mass is 10.1. The number of benzene rings is 2. The summed E-state index contributed by atoms with van der Waals surface area (Å²) in [5, 5.41) is 18.3. The highest BCUT2D eigenvalue weighted by Gasteiger charge is 2.10. The third-order valence-corrected chi connectivity index (χ3v) is 3.29. The van der Waals surface area contributed by atoms with Crippen molar-refractivity contribution in [3.63, 3.8) is 0 Å². The van der Waals surface area contributed by atoms with E-state index in [4.69, 9.17) is 14.3 Å². The van der Waals surface area contributed by atoms with Gasteiger partial charge in [0.2, 0.25) is 0 Å². The molecule has 0 atom stereocenters. The lowest BCUT2D eigenvalue weighted by molar-refractivity contribution is -0.139. The van der Waals surface area contributed by atoms with Crippen LogP contribution in [0.3, 0.4) is 0 Å². The lowest BCUT2D eigenvalue weighted by Crippen LogP contribution is -2.09. The first-order valence-electron chi connectivity index (χ1n) is 6.74. The minimum Gasteiger partial charge on any atom is -0.508 e. The zero-order valence-corrected chi connectivity index (χ0v) is 11.9. The number of ether oxygens (including phenoxy) is 1. The monoisotopic (exact) mass is 312 g/mol. The van der Waals surface area contributed by atoms with E-state index in [-0.39, 0.29) is 11.2 Å². The normalized spacial score (nSPS) is 10.6. The summed E-state index contributed by atoms with van der Waals surface area (Å²) >= 11 is 0. The van der Waals surface area contributed by atoms with Crippen LogP contribution in [-0.2, 0) is 4.79 Å². The minimum atomic E-state index is -1.06. The molecule has 6 nitrogen and oxygen atoms in total. The molecule has 1 heterocycles. The Labute approximate surface area is 130 Å². The largest absolute Gasteiger partial charge is 0.508 e. The summed E-state index contributed by atoms with van der Waals surface area (Å²) in [7, 11) is 0. The number of aromatic hydroxyl groups is 1. The molecule has 116 valence electrons. The van der Waals surface area contributed by atoms with Crippen molar-refractivity contribution in [2.24, 2.45) is 0 Å². The van der Waals surface area contributed by atoms with E-state index in [0.717, 1.165) is 0 Å². The first-order valence-corrected chi connectivity index (χ1v) is 6.74. The van der Waals surface area contributed by atoms with Gasteiger partial charge >= 0.3 is 5.97 Å². The molecule has 0 saturated carbocycles. The number of carbonyl (C=O) groups is 1. The van der Waals surface area contributed by atoms with E-state index in [1.54, 1.807) is 24.3 Å². The Kier molecular flexibility index (Phi) is 3.72. The second kappa shape index (κ2) is 5.84. The fraction of sp³-hybridized carbons (Fsp3) is 0.0588.